The topological polar surface area (TPSA) is 80.0 Å². The van der Waals surface area contributed by atoms with Crippen LogP contribution in [-0.2, 0) is 4.79 Å². The van der Waals surface area contributed by atoms with Crippen LogP contribution in [0.1, 0.15) is 24.8 Å². The van der Waals surface area contributed by atoms with Crippen LogP contribution in [0.15, 0.2) is 40.8 Å². The van der Waals surface area contributed by atoms with E-state index in [2.05, 4.69) is 0 Å². The van der Waals surface area contributed by atoms with Crippen molar-refractivity contribution in [1.82, 2.24) is 4.90 Å². The molecule has 6 nitrogen and oxygen atoms in total. The lowest BCUT2D eigenvalue weighted by Crippen LogP contribution is -2.32. The number of hydrogen-bond acceptors (Lipinski definition) is 4. The molecule has 1 aromatic heterocycles. The highest BCUT2D eigenvalue weighted by Gasteiger charge is 2.43. The Balaban J connectivity index is 1.97. The van der Waals surface area contributed by atoms with Gasteiger partial charge in [-0.3, -0.25) is 4.79 Å². The van der Waals surface area contributed by atoms with Crippen LogP contribution in [-0.4, -0.2) is 35.7 Å². The van der Waals surface area contributed by atoms with Crippen molar-refractivity contribution in [3.8, 4) is 5.75 Å². The maximum absolute atomic E-state index is 12.5. The molecule has 0 aliphatic carbocycles. The Morgan fingerprint density at radius 1 is 1.31 bits per heavy atom. The zero-order valence-corrected chi connectivity index (χ0v) is 14.6. The number of likely N-dealkylation sites (tertiary alicyclic amines) is 1. The molecule has 4 rings (SSSR count). The van der Waals surface area contributed by atoms with Gasteiger partial charge in [0.25, 0.3) is 0 Å². The molecule has 2 unspecified atom stereocenters. The molecular weight excluding hydrogens is 334 g/mol. The summed E-state index contributed by atoms with van der Waals surface area (Å²) in [6.07, 6.45) is -0.617. The molecule has 0 radical (unpaired) electrons. The lowest BCUT2D eigenvalue weighted by Gasteiger charge is -2.17. The van der Waals surface area contributed by atoms with Crippen molar-refractivity contribution >= 4 is 33.9 Å². The minimum absolute atomic E-state index is 0.160. The normalized spacial score (nSPS) is 20.2. The van der Waals surface area contributed by atoms with E-state index >= 15 is 0 Å². The van der Waals surface area contributed by atoms with Crippen LogP contribution in [0.5, 0.6) is 5.75 Å². The lowest BCUT2D eigenvalue weighted by molar-refractivity contribution is -0.129. The van der Waals surface area contributed by atoms with E-state index in [1.54, 1.807) is 7.11 Å². The van der Waals surface area contributed by atoms with Gasteiger partial charge in [0.05, 0.1) is 7.11 Å². The molecule has 0 bridgehead atoms. The fraction of sp³-hybridized carbons (Fsp3) is 0.300. The number of amides is 2. The number of ether oxygens (including phenoxy) is 1. The first-order chi connectivity index (χ1) is 12.6. The predicted octanol–water partition coefficient (Wildman–Crippen LogP) is 4.22. The van der Waals surface area contributed by atoms with Gasteiger partial charge in [-0.25, -0.2) is 9.69 Å². The maximum atomic E-state index is 12.5. The van der Waals surface area contributed by atoms with E-state index in [9.17, 15) is 14.7 Å². The summed E-state index contributed by atoms with van der Waals surface area (Å²) in [5.74, 6) is -0.288. The summed E-state index contributed by atoms with van der Waals surface area (Å²) in [6.45, 7) is 2.07. The molecule has 1 N–H and O–H groups in total. The third kappa shape index (κ3) is 2.25. The number of nitrogens with zero attached hydrogens (tertiary/aromatic N) is 1. The van der Waals surface area contributed by atoms with Crippen LogP contribution in [0, 0.1) is 5.92 Å². The Hall–Kier alpha value is -3.02. The van der Waals surface area contributed by atoms with Crippen LogP contribution < -0.4 is 4.74 Å². The van der Waals surface area contributed by atoms with Crippen molar-refractivity contribution in [2.24, 2.45) is 5.92 Å². The molecular formula is C20H19NO5. The predicted molar refractivity (Wildman–Crippen MR) is 96.5 cm³/mol. The van der Waals surface area contributed by atoms with E-state index in [0.717, 1.165) is 26.8 Å². The number of methoxy groups -OCH3 is 1. The van der Waals surface area contributed by atoms with Gasteiger partial charge >= 0.3 is 6.09 Å². The van der Waals surface area contributed by atoms with Gasteiger partial charge < -0.3 is 14.3 Å². The lowest BCUT2D eigenvalue weighted by atomic mass is 9.84. The minimum atomic E-state index is -1.20. The molecule has 2 heterocycles. The summed E-state index contributed by atoms with van der Waals surface area (Å²) in [4.78, 5) is 24.9. The van der Waals surface area contributed by atoms with Crippen LogP contribution in [0.25, 0.3) is 21.9 Å². The third-order valence-electron chi connectivity index (χ3n) is 5.26. The highest BCUT2D eigenvalue weighted by molar-refractivity contribution is 6.09. The molecule has 2 aromatic carbocycles. The minimum Gasteiger partial charge on any atom is -0.493 e. The average molecular weight is 353 g/mol. The molecule has 1 aliphatic rings. The number of fused-ring (bicyclic) bond motifs is 3. The van der Waals surface area contributed by atoms with Gasteiger partial charge in [-0.1, -0.05) is 31.2 Å². The van der Waals surface area contributed by atoms with Crippen LogP contribution >= 0.6 is 0 Å². The van der Waals surface area contributed by atoms with E-state index in [1.165, 1.54) is 0 Å². The molecule has 2 atom stereocenters. The number of para-hydroxylation sites is 1. The Morgan fingerprint density at radius 3 is 2.77 bits per heavy atom. The first kappa shape index (κ1) is 16.4. The fourth-order valence-corrected chi connectivity index (χ4v) is 4.03. The zero-order chi connectivity index (χ0) is 18.4. The van der Waals surface area contributed by atoms with Crippen molar-refractivity contribution in [3.05, 3.63) is 42.0 Å². The van der Waals surface area contributed by atoms with E-state index in [-0.39, 0.29) is 24.3 Å². The number of imide groups is 1. The van der Waals surface area contributed by atoms with E-state index < -0.39 is 6.09 Å². The van der Waals surface area contributed by atoms with Crippen molar-refractivity contribution in [1.29, 1.82) is 0 Å². The molecule has 1 saturated heterocycles. The van der Waals surface area contributed by atoms with Gasteiger partial charge in [-0.05, 0) is 24.1 Å². The first-order valence-corrected chi connectivity index (χ1v) is 8.59. The quantitative estimate of drug-likeness (QED) is 0.762. The van der Waals surface area contributed by atoms with Crippen LogP contribution in [0.3, 0.4) is 0 Å². The van der Waals surface area contributed by atoms with Crippen molar-refractivity contribution in [2.75, 3.05) is 13.7 Å². The molecule has 1 aliphatic heterocycles. The molecule has 6 heteroatoms. The molecule has 0 spiro atoms. The Labute approximate surface area is 149 Å². The molecule has 0 saturated carbocycles. The average Bonchev–Trinajstić information content (AvgIpc) is 3.19. The summed E-state index contributed by atoms with van der Waals surface area (Å²) in [5.41, 5.74) is 2.29. The third-order valence-corrected chi connectivity index (χ3v) is 5.26. The van der Waals surface area contributed by atoms with Crippen LogP contribution in [0.2, 0.25) is 0 Å². The second-order valence-electron chi connectivity index (χ2n) is 6.51. The summed E-state index contributed by atoms with van der Waals surface area (Å²) in [5, 5.41) is 11.2. The number of rotatable bonds is 3. The summed E-state index contributed by atoms with van der Waals surface area (Å²) in [7, 11) is 1.59. The van der Waals surface area contributed by atoms with Gasteiger partial charge in [-0.15, -0.1) is 0 Å². The number of hydrogen-bond donors (Lipinski definition) is 1. The monoisotopic (exact) mass is 353 g/mol. The number of furan rings is 1. The SMILES string of the molecule is CCC1C(=O)N(C(=O)O)CC1c1ccc(OC)c2oc3ccccc3c12. The van der Waals surface area contributed by atoms with Crippen LogP contribution in [0.4, 0.5) is 4.79 Å². The number of carbonyl (C=O) groups excluding carboxylic acids is 1. The van der Waals surface area contributed by atoms with Gasteiger partial charge in [0, 0.05) is 29.2 Å². The fourth-order valence-electron chi connectivity index (χ4n) is 4.03. The van der Waals surface area contributed by atoms with Gasteiger partial charge in [-0.2, -0.15) is 0 Å². The van der Waals surface area contributed by atoms with Gasteiger partial charge in [0.15, 0.2) is 11.3 Å². The van der Waals surface area contributed by atoms with Crippen molar-refractivity contribution < 1.29 is 23.8 Å². The molecule has 3 aromatic rings. The Morgan fingerprint density at radius 2 is 2.08 bits per heavy atom. The molecule has 1 fully saturated rings. The van der Waals surface area contributed by atoms with E-state index in [0.29, 0.717) is 17.8 Å². The molecule has 26 heavy (non-hydrogen) atoms. The zero-order valence-electron chi connectivity index (χ0n) is 14.6. The highest BCUT2D eigenvalue weighted by atomic mass is 16.5. The van der Waals surface area contributed by atoms with Gasteiger partial charge in [0.2, 0.25) is 5.91 Å². The molecule has 2 amide bonds. The largest absolute Gasteiger partial charge is 0.493 e. The van der Waals surface area contributed by atoms with E-state index in [4.69, 9.17) is 9.15 Å². The number of carbonyl (C=O) groups is 2. The standard InChI is InChI=1S/C20H19NO5/c1-3-11-14(10-21(19(11)22)20(23)24)12-8-9-16(25-2)18-17(12)13-6-4-5-7-15(13)26-18/h4-9,11,14H,3,10H2,1-2H3,(H,23,24). The Kier molecular flexibility index (Phi) is 3.83. The Bertz CT molecular complexity index is 1020. The highest BCUT2D eigenvalue weighted by Crippen LogP contribution is 2.44. The number of benzene rings is 2. The van der Waals surface area contributed by atoms with E-state index in [1.807, 2.05) is 43.3 Å². The second-order valence-corrected chi connectivity index (χ2v) is 6.51. The van der Waals surface area contributed by atoms with Crippen molar-refractivity contribution in [3.63, 3.8) is 0 Å². The summed E-state index contributed by atoms with van der Waals surface area (Å²) < 4.78 is 11.4. The summed E-state index contributed by atoms with van der Waals surface area (Å²) in [6, 6.07) is 11.4. The van der Waals surface area contributed by atoms with Crippen molar-refractivity contribution in [2.45, 2.75) is 19.3 Å². The smallest absolute Gasteiger partial charge is 0.414 e. The maximum Gasteiger partial charge on any atom is 0.414 e. The van der Waals surface area contributed by atoms with Gasteiger partial charge in [0.1, 0.15) is 5.58 Å². The first-order valence-electron chi connectivity index (χ1n) is 8.59. The number of carboxylic acid groups (broad SMARTS) is 1. The summed E-state index contributed by atoms with van der Waals surface area (Å²) >= 11 is 0. The second kappa shape index (κ2) is 6.05. The molecule has 134 valence electrons.